The Kier molecular flexibility index (Phi) is 1.76. The molecule has 13 heavy (non-hydrogen) atoms. The van der Waals surface area contributed by atoms with E-state index in [1.54, 1.807) is 0 Å². The molecule has 2 rings (SSSR count). The van der Waals surface area contributed by atoms with E-state index in [2.05, 4.69) is 26.0 Å². The molecule has 2 aliphatic rings. The van der Waals surface area contributed by atoms with Crippen molar-refractivity contribution >= 4 is 5.97 Å². The molecule has 0 aliphatic heterocycles. The summed E-state index contributed by atoms with van der Waals surface area (Å²) in [6, 6.07) is 0. The number of fused-ring (bicyclic) bond motifs is 2. The molecule has 0 radical (unpaired) electrons. The Morgan fingerprint density at radius 2 is 2.31 bits per heavy atom. The fraction of sp³-hybridized carbons (Fsp3) is 0.727. The number of aliphatic carboxylic acids is 1. The van der Waals surface area contributed by atoms with Crippen LogP contribution in [0.5, 0.6) is 0 Å². The SMILES string of the molecule is CC(C)C12C=CC(CC1C(=O)O)C2. The van der Waals surface area contributed by atoms with Gasteiger partial charge < -0.3 is 5.11 Å². The van der Waals surface area contributed by atoms with Crippen molar-refractivity contribution in [2.75, 3.05) is 0 Å². The smallest absolute Gasteiger partial charge is 0.307 e. The van der Waals surface area contributed by atoms with E-state index in [-0.39, 0.29) is 11.3 Å². The average molecular weight is 180 g/mol. The number of hydrogen-bond acceptors (Lipinski definition) is 1. The second kappa shape index (κ2) is 2.60. The maximum absolute atomic E-state index is 11.1. The lowest BCUT2D eigenvalue weighted by Gasteiger charge is -2.33. The number of allylic oxidation sites excluding steroid dienone is 2. The highest BCUT2D eigenvalue weighted by atomic mass is 16.4. The van der Waals surface area contributed by atoms with Gasteiger partial charge in [-0.25, -0.2) is 0 Å². The Hall–Kier alpha value is -0.790. The quantitative estimate of drug-likeness (QED) is 0.662. The van der Waals surface area contributed by atoms with Crippen LogP contribution in [-0.4, -0.2) is 11.1 Å². The van der Waals surface area contributed by atoms with Crippen molar-refractivity contribution in [3.63, 3.8) is 0 Å². The normalized spacial score (nSPS) is 41.8. The van der Waals surface area contributed by atoms with Gasteiger partial charge in [0.05, 0.1) is 5.92 Å². The molecule has 0 heterocycles. The van der Waals surface area contributed by atoms with E-state index in [0.717, 1.165) is 12.8 Å². The van der Waals surface area contributed by atoms with Gasteiger partial charge in [0.15, 0.2) is 0 Å². The highest BCUT2D eigenvalue weighted by Crippen LogP contribution is 2.57. The van der Waals surface area contributed by atoms with Crippen molar-refractivity contribution in [2.45, 2.75) is 26.7 Å². The van der Waals surface area contributed by atoms with Gasteiger partial charge >= 0.3 is 5.97 Å². The van der Waals surface area contributed by atoms with Gasteiger partial charge in [-0.05, 0) is 24.7 Å². The minimum Gasteiger partial charge on any atom is -0.481 e. The molecule has 1 saturated carbocycles. The van der Waals surface area contributed by atoms with Crippen LogP contribution in [0.3, 0.4) is 0 Å². The number of carboxylic acid groups (broad SMARTS) is 1. The molecule has 3 unspecified atom stereocenters. The topological polar surface area (TPSA) is 37.3 Å². The molecule has 0 aromatic carbocycles. The van der Waals surface area contributed by atoms with Crippen LogP contribution in [0.15, 0.2) is 12.2 Å². The molecule has 2 aliphatic carbocycles. The molecule has 3 atom stereocenters. The zero-order chi connectivity index (χ0) is 9.64. The molecule has 0 aromatic heterocycles. The minimum atomic E-state index is -0.611. The summed E-state index contributed by atoms with van der Waals surface area (Å²) in [5.74, 6) is 0.226. The van der Waals surface area contributed by atoms with Crippen LogP contribution >= 0.6 is 0 Å². The van der Waals surface area contributed by atoms with Gasteiger partial charge in [0, 0.05) is 5.41 Å². The largest absolute Gasteiger partial charge is 0.481 e. The van der Waals surface area contributed by atoms with E-state index in [1.807, 2.05) is 0 Å². The van der Waals surface area contributed by atoms with Gasteiger partial charge in [0.1, 0.15) is 0 Å². The summed E-state index contributed by atoms with van der Waals surface area (Å²) in [4.78, 5) is 11.1. The fourth-order valence-electron chi connectivity index (χ4n) is 3.01. The average Bonchev–Trinajstić information content (AvgIpc) is 2.60. The summed E-state index contributed by atoms with van der Waals surface area (Å²) in [6.45, 7) is 4.27. The summed E-state index contributed by atoms with van der Waals surface area (Å²) in [7, 11) is 0. The van der Waals surface area contributed by atoms with E-state index in [9.17, 15) is 4.79 Å². The molecule has 1 fully saturated rings. The molecule has 2 bridgehead atoms. The highest BCUT2D eigenvalue weighted by molar-refractivity contribution is 5.72. The predicted molar refractivity (Wildman–Crippen MR) is 50.3 cm³/mol. The maximum Gasteiger partial charge on any atom is 0.307 e. The lowest BCUT2D eigenvalue weighted by molar-refractivity contribution is -0.145. The van der Waals surface area contributed by atoms with Crippen molar-refractivity contribution in [1.29, 1.82) is 0 Å². The summed E-state index contributed by atoms with van der Waals surface area (Å²) in [5.41, 5.74) is -0.0312. The molecular formula is C11H16O2. The Labute approximate surface area is 78.6 Å². The van der Waals surface area contributed by atoms with Crippen LogP contribution in [0.4, 0.5) is 0 Å². The molecule has 0 aromatic rings. The van der Waals surface area contributed by atoms with Gasteiger partial charge in [-0.1, -0.05) is 26.0 Å². The van der Waals surface area contributed by atoms with Crippen molar-refractivity contribution in [1.82, 2.24) is 0 Å². The Balaban J connectivity index is 2.33. The second-order valence-electron chi connectivity index (χ2n) is 4.72. The standard InChI is InChI=1S/C11H16O2/c1-7(2)11-4-3-8(6-11)5-9(11)10(12)13/h3-4,7-9H,5-6H2,1-2H3,(H,12,13). The number of hydrogen-bond donors (Lipinski definition) is 1. The Bertz CT molecular complexity index is 267. The molecule has 0 amide bonds. The molecule has 1 N–H and O–H groups in total. The van der Waals surface area contributed by atoms with Gasteiger partial charge in [0.25, 0.3) is 0 Å². The van der Waals surface area contributed by atoms with Crippen LogP contribution in [0.25, 0.3) is 0 Å². The van der Waals surface area contributed by atoms with Crippen molar-refractivity contribution in [2.24, 2.45) is 23.2 Å². The van der Waals surface area contributed by atoms with Gasteiger partial charge in [0.2, 0.25) is 0 Å². The molecule has 0 saturated heterocycles. The monoisotopic (exact) mass is 180 g/mol. The van der Waals surface area contributed by atoms with E-state index >= 15 is 0 Å². The minimum absolute atomic E-state index is 0.0312. The van der Waals surface area contributed by atoms with E-state index in [1.165, 1.54) is 0 Å². The summed E-state index contributed by atoms with van der Waals surface area (Å²) >= 11 is 0. The van der Waals surface area contributed by atoms with Crippen molar-refractivity contribution < 1.29 is 9.90 Å². The van der Waals surface area contributed by atoms with Crippen LogP contribution in [0.1, 0.15) is 26.7 Å². The van der Waals surface area contributed by atoms with Crippen molar-refractivity contribution in [3.8, 4) is 0 Å². The third kappa shape index (κ3) is 1.04. The molecular weight excluding hydrogens is 164 g/mol. The predicted octanol–water partition coefficient (Wildman–Crippen LogP) is 2.31. The molecule has 72 valence electrons. The van der Waals surface area contributed by atoms with E-state index in [0.29, 0.717) is 11.8 Å². The zero-order valence-corrected chi connectivity index (χ0v) is 8.16. The first-order valence-corrected chi connectivity index (χ1v) is 4.98. The number of carboxylic acids is 1. The lowest BCUT2D eigenvalue weighted by Crippen LogP contribution is -2.34. The molecule has 0 spiro atoms. The van der Waals surface area contributed by atoms with Crippen LogP contribution in [0.2, 0.25) is 0 Å². The van der Waals surface area contributed by atoms with Gasteiger partial charge in [-0.15, -0.1) is 0 Å². The Morgan fingerprint density at radius 3 is 2.69 bits per heavy atom. The molecule has 2 heteroatoms. The maximum atomic E-state index is 11.1. The first kappa shape index (κ1) is 8.79. The fourth-order valence-corrected chi connectivity index (χ4v) is 3.01. The van der Waals surface area contributed by atoms with Crippen molar-refractivity contribution in [3.05, 3.63) is 12.2 Å². The van der Waals surface area contributed by atoms with Gasteiger partial charge in [-0.2, -0.15) is 0 Å². The first-order valence-electron chi connectivity index (χ1n) is 4.98. The number of rotatable bonds is 2. The lowest BCUT2D eigenvalue weighted by atomic mass is 9.70. The third-order valence-electron chi connectivity index (χ3n) is 3.85. The summed E-state index contributed by atoms with van der Waals surface area (Å²) < 4.78 is 0. The van der Waals surface area contributed by atoms with Crippen LogP contribution in [-0.2, 0) is 4.79 Å². The molecule has 2 nitrogen and oxygen atoms in total. The van der Waals surface area contributed by atoms with Crippen LogP contribution in [0, 0.1) is 23.2 Å². The van der Waals surface area contributed by atoms with Gasteiger partial charge in [-0.3, -0.25) is 4.79 Å². The number of carbonyl (C=O) groups is 1. The first-order chi connectivity index (χ1) is 6.06. The van der Waals surface area contributed by atoms with E-state index < -0.39 is 5.97 Å². The summed E-state index contributed by atoms with van der Waals surface area (Å²) in [6.07, 6.45) is 6.27. The third-order valence-corrected chi connectivity index (χ3v) is 3.85. The summed E-state index contributed by atoms with van der Waals surface area (Å²) in [5, 5.41) is 9.12. The zero-order valence-electron chi connectivity index (χ0n) is 8.16. The van der Waals surface area contributed by atoms with E-state index in [4.69, 9.17) is 5.11 Å². The Morgan fingerprint density at radius 1 is 1.62 bits per heavy atom. The highest BCUT2D eigenvalue weighted by Gasteiger charge is 2.53. The second-order valence-corrected chi connectivity index (χ2v) is 4.72. The van der Waals surface area contributed by atoms with Crippen LogP contribution < -0.4 is 0 Å².